The lowest BCUT2D eigenvalue weighted by Crippen LogP contribution is -2.33. The van der Waals surface area contributed by atoms with Crippen molar-refractivity contribution in [1.29, 1.82) is 0 Å². The maximum atomic E-state index is 12.0. The molecule has 2 aromatic heterocycles. The van der Waals surface area contributed by atoms with E-state index in [1.165, 1.54) is 12.8 Å². The highest BCUT2D eigenvalue weighted by molar-refractivity contribution is 7.99. The van der Waals surface area contributed by atoms with Gasteiger partial charge in [0.1, 0.15) is 0 Å². The molecule has 0 atom stereocenters. The summed E-state index contributed by atoms with van der Waals surface area (Å²) < 4.78 is 3.81. The molecule has 3 heterocycles. The van der Waals surface area contributed by atoms with Crippen molar-refractivity contribution < 1.29 is 4.79 Å². The molecule has 0 unspecified atom stereocenters. The number of tetrazole rings is 1. The minimum absolute atomic E-state index is 0.0695. The van der Waals surface area contributed by atoms with Crippen molar-refractivity contribution in [2.45, 2.75) is 50.9 Å². The first-order valence-corrected chi connectivity index (χ1v) is 10.9. The molecule has 1 saturated heterocycles. The second-order valence-electron chi connectivity index (χ2n) is 7.40. The Hall–Kier alpha value is -1.94. The Balaban J connectivity index is 1.31. The van der Waals surface area contributed by atoms with E-state index in [1.54, 1.807) is 18.0 Å². The zero-order chi connectivity index (χ0) is 19.8. The van der Waals surface area contributed by atoms with E-state index in [0.29, 0.717) is 19.5 Å². The number of imidazole rings is 1. The number of carbonyl (C=O) groups excluding carboxylic acids is 1. The SMILES string of the molecule is CC1CCN(Cc2nnnn2CCCC(=O)NCCSc2nccn2C)CC1. The van der Waals surface area contributed by atoms with Crippen molar-refractivity contribution in [1.82, 2.24) is 40.0 Å². The van der Waals surface area contributed by atoms with Crippen molar-refractivity contribution in [3.8, 4) is 0 Å². The van der Waals surface area contributed by atoms with Gasteiger partial charge in [-0.2, -0.15) is 0 Å². The number of nitrogens with zero attached hydrogens (tertiary/aromatic N) is 7. The number of aromatic nitrogens is 6. The van der Waals surface area contributed by atoms with Gasteiger partial charge in [0.25, 0.3) is 0 Å². The Morgan fingerprint density at radius 1 is 1.36 bits per heavy atom. The Labute approximate surface area is 170 Å². The molecule has 1 aliphatic heterocycles. The lowest BCUT2D eigenvalue weighted by atomic mass is 9.99. The molecule has 1 N–H and O–H groups in total. The monoisotopic (exact) mass is 406 g/mol. The maximum absolute atomic E-state index is 12.0. The van der Waals surface area contributed by atoms with Gasteiger partial charge in [-0.05, 0) is 48.7 Å². The van der Waals surface area contributed by atoms with Gasteiger partial charge in [0.05, 0.1) is 6.54 Å². The van der Waals surface area contributed by atoms with Gasteiger partial charge in [0, 0.05) is 44.7 Å². The van der Waals surface area contributed by atoms with Crippen LogP contribution < -0.4 is 5.32 Å². The maximum Gasteiger partial charge on any atom is 0.220 e. The molecule has 10 heteroatoms. The van der Waals surface area contributed by atoms with Crippen molar-refractivity contribution in [2.24, 2.45) is 13.0 Å². The van der Waals surface area contributed by atoms with Gasteiger partial charge in [-0.1, -0.05) is 18.7 Å². The molecule has 0 saturated carbocycles. The first-order chi connectivity index (χ1) is 13.6. The molecule has 9 nitrogen and oxygen atoms in total. The standard InChI is InChI=1S/C18H30N8OS/c1-15-5-10-25(11-6-15)14-16-21-22-23-26(16)9-3-4-17(27)19-8-13-28-18-20-7-12-24(18)2/h7,12,15H,3-6,8-11,13-14H2,1-2H3,(H,19,27). The summed E-state index contributed by atoms with van der Waals surface area (Å²) in [5, 5.41) is 16.0. The number of hydrogen-bond donors (Lipinski definition) is 1. The highest BCUT2D eigenvalue weighted by atomic mass is 32.2. The Morgan fingerprint density at radius 2 is 2.18 bits per heavy atom. The van der Waals surface area contributed by atoms with Crippen molar-refractivity contribution in [3.63, 3.8) is 0 Å². The van der Waals surface area contributed by atoms with E-state index in [9.17, 15) is 4.79 Å². The zero-order valence-electron chi connectivity index (χ0n) is 16.8. The summed E-state index contributed by atoms with van der Waals surface area (Å²) in [6.45, 7) is 6.61. The van der Waals surface area contributed by atoms with Crippen LogP contribution in [0, 0.1) is 5.92 Å². The number of aryl methyl sites for hydroxylation is 2. The first kappa shape index (κ1) is 20.8. The van der Waals surface area contributed by atoms with Crippen LogP contribution in [0.1, 0.15) is 38.4 Å². The summed E-state index contributed by atoms with van der Waals surface area (Å²) in [5.41, 5.74) is 0. The van der Waals surface area contributed by atoms with E-state index in [2.05, 4.69) is 37.6 Å². The third-order valence-electron chi connectivity index (χ3n) is 5.05. The lowest BCUT2D eigenvalue weighted by Gasteiger charge is -2.29. The fourth-order valence-corrected chi connectivity index (χ4v) is 4.02. The number of amides is 1. The van der Waals surface area contributed by atoms with Crippen LogP contribution in [0.4, 0.5) is 0 Å². The quantitative estimate of drug-likeness (QED) is 0.470. The molecule has 154 valence electrons. The van der Waals surface area contributed by atoms with Crippen LogP contribution in [0.5, 0.6) is 0 Å². The number of thioether (sulfide) groups is 1. The molecule has 0 aromatic carbocycles. The molecule has 0 radical (unpaired) electrons. The summed E-state index contributed by atoms with van der Waals surface area (Å²) in [6.07, 6.45) is 7.38. The van der Waals surface area contributed by atoms with Crippen LogP contribution in [0.25, 0.3) is 0 Å². The van der Waals surface area contributed by atoms with Crippen LogP contribution in [-0.2, 0) is 24.9 Å². The van der Waals surface area contributed by atoms with Crippen LogP contribution in [0.15, 0.2) is 17.6 Å². The van der Waals surface area contributed by atoms with E-state index >= 15 is 0 Å². The average molecular weight is 407 g/mol. The molecule has 1 amide bonds. The van der Waals surface area contributed by atoms with Crippen LogP contribution in [0.2, 0.25) is 0 Å². The third kappa shape index (κ3) is 6.30. The van der Waals surface area contributed by atoms with Crippen molar-refractivity contribution in [3.05, 3.63) is 18.2 Å². The molecule has 28 heavy (non-hydrogen) atoms. The Bertz CT molecular complexity index is 738. The number of piperidine rings is 1. The Kier molecular flexibility index (Phi) is 7.84. The number of hydrogen-bond acceptors (Lipinski definition) is 7. The van der Waals surface area contributed by atoms with Crippen molar-refractivity contribution >= 4 is 17.7 Å². The second kappa shape index (κ2) is 10.6. The molecule has 0 aliphatic carbocycles. The predicted molar refractivity (Wildman–Crippen MR) is 108 cm³/mol. The van der Waals surface area contributed by atoms with Gasteiger partial charge in [-0.15, -0.1) is 5.10 Å². The molecule has 1 aliphatic rings. The average Bonchev–Trinajstić information content (AvgIpc) is 3.30. The topological polar surface area (TPSA) is 93.8 Å². The van der Waals surface area contributed by atoms with E-state index in [-0.39, 0.29) is 5.91 Å². The predicted octanol–water partition coefficient (Wildman–Crippen LogP) is 1.33. The largest absolute Gasteiger partial charge is 0.355 e. The zero-order valence-corrected chi connectivity index (χ0v) is 17.6. The van der Waals surface area contributed by atoms with Crippen LogP contribution in [0.3, 0.4) is 0 Å². The third-order valence-corrected chi connectivity index (χ3v) is 6.11. The minimum atomic E-state index is 0.0695. The van der Waals surface area contributed by atoms with Crippen LogP contribution in [-0.4, -0.2) is 66.0 Å². The van der Waals surface area contributed by atoms with Gasteiger partial charge >= 0.3 is 0 Å². The van der Waals surface area contributed by atoms with E-state index in [1.807, 2.05) is 22.5 Å². The van der Waals surface area contributed by atoms with E-state index in [0.717, 1.165) is 48.7 Å². The minimum Gasteiger partial charge on any atom is -0.355 e. The number of nitrogens with one attached hydrogen (secondary N) is 1. The molecule has 0 bridgehead atoms. The highest BCUT2D eigenvalue weighted by Crippen LogP contribution is 2.17. The molecular weight excluding hydrogens is 376 g/mol. The summed E-state index contributed by atoms with van der Waals surface area (Å²) in [6, 6.07) is 0. The van der Waals surface area contributed by atoms with E-state index in [4.69, 9.17) is 0 Å². The summed E-state index contributed by atoms with van der Waals surface area (Å²) in [4.78, 5) is 18.7. The highest BCUT2D eigenvalue weighted by Gasteiger charge is 2.18. The molecule has 0 spiro atoms. The van der Waals surface area contributed by atoms with Gasteiger partial charge in [0.2, 0.25) is 5.91 Å². The number of carbonyl (C=O) groups is 1. The van der Waals surface area contributed by atoms with Gasteiger partial charge in [-0.3, -0.25) is 9.69 Å². The van der Waals surface area contributed by atoms with E-state index < -0.39 is 0 Å². The molecule has 3 rings (SSSR count). The van der Waals surface area contributed by atoms with Crippen molar-refractivity contribution in [2.75, 3.05) is 25.4 Å². The smallest absolute Gasteiger partial charge is 0.220 e. The number of likely N-dealkylation sites (tertiary alicyclic amines) is 1. The summed E-state index contributed by atoms with van der Waals surface area (Å²) in [5.74, 6) is 2.58. The first-order valence-electron chi connectivity index (χ1n) is 9.96. The normalized spacial score (nSPS) is 15.8. The Morgan fingerprint density at radius 3 is 2.93 bits per heavy atom. The van der Waals surface area contributed by atoms with Crippen LogP contribution >= 0.6 is 11.8 Å². The summed E-state index contributed by atoms with van der Waals surface area (Å²) in [7, 11) is 1.97. The van der Waals surface area contributed by atoms with Gasteiger partial charge in [0.15, 0.2) is 11.0 Å². The molecule has 1 fully saturated rings. The fourth-order valence-electron chi connectivity index (χ4n) is 3.23. The lowest BCUT2D eigenvalue weighted by molar-refractivity contribution is -0.121. The summed E-state index contributed by atoms with van der Waals surface area (Å²) >= 11 is 1.64. The number of rotatable bonds is 10. The second-order valence-corrected chi connectivity index (χ2v) is 8.46. The van der Waals surface area contributed by atoms with Gasteiger partial charge < -0.3 is 9.88 Å². The molecular formula is C18H30N8OS. The fraction of sp³-hybridized carbons (Fsp3) is 0.722. The molecule has 2 aromatic rings. The van der Waals surface area contributed by atoms with Gasteiger partial charge in [-0.25, -0.2) is 9.67 Å².